The molecular formula is C16H21Cl2N3O. The molecule has 22 heavy (non-hydrogen) atoms. The maximum Gasteiger partial charge on any atom is 0.225 e. The molecule has 0 bridgehead atoms. The number of nitrogens with zero attached hydrogens (tertiary/aromatic N) is 1. The molecule has 2 rings (SSSR count). The molecule has 1 aromatic carbocycles. The van der Waals surface area contributed by atoms with Gasteiger partial charge in [0.05, 0.1) is 18.2 Å². The Morgan fingerprint density at radius 3 is 2.36 bits per heavy atom. The summed E-state index contributed by atoms with van der Waals surface area (Å²) < 4.78 is 0. The lowest BCUT2D eigenvalue weighted by atomic mass is 9.95. The molecule has 0 saturated heterocycles. The van der Waals surface area contributed by atoms with E-state index in [4.69, 9.17) is 5.73 Å². The molecule has 1 amide bonds. The highest BCUT2D eigenvalue weighted by atomic mass is 35.5. The van der Waals surface area contributed by atoms with Crippen molar-refractivity contribution in [3.05, 3.63) is 66.0 Å². The monoisotopic (exact) mass is 341 g/mol. The second-order valence-electron chi connectivity index (χ2n) is 4.76. The first-order chi connectivity index (χ1) is 9.68. The Morgan fingerprint density at radius 2 is 1.77 bits per heavy atom. The average molecular weight is 342 g/mol. The number of benzene rings is 1. The second-order valence-corrected chi connectivity index (χ2v) is 4.76. The molecule has 0 fully saturated rings. The highest BCUT2D eigenvalue weighted by Gasteiger charge is 2.21. The number of carbonyl (C=O) groups excluding carboxylic acids is 1. The van der Waals surface area contributed by atoms with Crippen LogP contribution >= 0.6 is 24.8 Å². The third kappa shape index (κ3) is 5.64. The van der Waals surface area contributed by atoms with Crippen molar-refractivity contribution >= 4 is 30.7 Å². The first-order valence-electron chi connectivity index (χ1n) is 6.66. The summed E-state index contributed by atoms with van der Waals surface area (Å²) in [6.45, 7) is 2.26. The van der Waals surface area contributed by atoms with Crippen LogP contribution in [-0.2, 0) is 11.3 Å². The topological polar surface area (TPSA) is 68.0 Å². The Morgan fingerprint density at radius 1 is 1.14 bits per heavy atom. The third-order valence-corrected chi connectivity index (χ3v) is 3.31. The van der Waals surface area contributed by atoms with Gasteiger partial charge in [-0.3, -0.25) is 9.78 Å². The maximum absolute atomic E-state index is 12.1. The van der Waals surface area contributed by atoms with Crippen LogP contribution in [0.2, 0.25) is 0 Å². The number of aromatic nitrogens is 1. The van der Waals surface area contributed by atoms with Crippen LogP contribution in [0.3, 0.4) is 0 Å². The molecule has 2 unspecified atom stereocenters. The molecule has 0 saturated carbocycles. The van der Waals surface area contributed by atoms with Gasteiger partial charge in [0.1, 0.15) is 0 Å². The summed E-state index contributed by atoms with van der Waals surface area (Å²) >= 11 is 0. The van der Waals surface area contributed by atoms with Crippen molar-refractivity contribution in [1.82, 2.24) is 10.3 Å². The van der Waals surface area contributed by atoms with E-state index >= 15 is 0 Å². The van der Waals surface area contributed by atoms with E-state index in [1.807, 2.05) is 55.5 Å². The van der Waals surface area contributed by atoms with E-state index in [-0.39, 0.29) is 42.7 Å². The van der Waals surface area contributed by atoms with Gasteiger partial charge in [-0.2, -0.15) is 0 Å². The Hall–Kier alpha value is -1.62. The molecule has 6 heteroatoms. The summed E-state index contributed by atoms with van der Waals surface area (Å²) in [6.07, 6.45) is 1.71. The van der Waals surface area contributed by atoms with Crippen LogP contribution < -0.4 is 11.1 Å². The number of nitrogens with two attached hydrogens (primary N) is 1. The van der Waals surface area contributed by atoms with Crippen LogP contribution in [0, 0.1) is 5.92 Å². The number of amides is 1. The molecule has 0 spiro atoms. The van der Waals surface area contributed by atoms with Gasteiger partial charge in [0.15, 0.2) is 0 Å². The first-order valence-corrected chi connectivity index (χ1v) is 6.66. The summed E-state index contributed by atoms with van der Waals surface area (Å²) in [5.74, 6) is -0.354. The highest BCUT2D eigenvalue weighted by Crippen LogP contribution is 2.19. The summed E-state index contributed by atoms with van der Waals surface area (Å²) in [4.78, 5) is 16.3. The van der Waals surface area contributed by atoms with Crippen LogP contribution in [0.5, 0.6) is 0 Å². The molecule has 2 atom stereocenters. The highest BCUT2D eigenvalue weighted by molar-refractivity contribution is 5.85. The van der Waals surface area contributed by atoms with Gasteiger partial charge < -0.3 is 11.1 Å². The minimum atomic E-state index is -0.306. The first kappa shape index (κ1) is 20.4. The van der Waals surface area contributed by atoms with E-state index in [1.54, 1.807) is 6.20 Å². The van der Waals surface area contributed by atoms with Crippen molar-refractivity contribution in [2.45, 2.75) is 19.5 Å². The van der Waals surface area contributed by atoms with Gasteiger partial charge >= 0.3 is 0 Å². The standard InChI is InChI=1S/C16H19N3O.2ClH/c1-12(15(17)13-7-3-2-4-8-13)16(20)19-11-14-9-5-6-10-18-14;;/h2-10,12,15H,11,17H2,1H3,(H,19,20);2*1H. The summed E-state index contributed by atoms with van der Waals surface area (Å²) in [7, 11) is 0. The molecule has 1 aromatic heterocycles. The normalized spacial score (nSPS) is 12.3. The van der Waals surface area contributed by atoms with E-state index in [0.717, 1.165) is 11.3 Å². The van der Waals surface area contributed by atoms with Crippen LogP contribution in [0.4, 0.5) is 0 Å². The predicted octanol–water partition coefficient (Wildman–Crippen LogP) is 2.88. The number of pyridine rings is 1. The second kappa shape index (κ2) is 10.2. The molecule has 3 N–H and O–H groups in total. The van der Waals surface area contributed by atoms with Crippen molar-refractivity contribution in [3.8, 4) is 0 Å². The van der Waals surface area contributed by atoms with Crippen molar-refractivity contribution < 1.29 is 4.79 Å². The van der Waals surface area contributed by atoms with Gasteiger partial charge in [0.25, 0.3) is 0 Å². The van der Waals surface area contributed by atoms with Gasteiger partial charge in [-0.25, -0.2) is 0 Å². The molecule has 120 valence electrons. The maximum atomic E-state index is 12.1. The summed E-state index contributed by atoms with van der Waals surface area (Å²) in [6, 6.07) is 15.0. The van der Waals surface area contributed by atoms with Gasteiger partial charge in [0, 0.05) is 12.2 Å². The number of hydrogen-bond donors (Lipinski definition) is 2. The molecule has 0 radical (unpaired) electrons. The molecule has 0 aliphatic carbocycles. The van der Waals surface area contributed by atoms with Gasteiger partial charge in [-0.1, -0.05) is 43.3 Å². The Labute approximate surface area is 143 Å². The lowest BCUT2D eigenvalue weighted by molar-refractivity contribution is -0.125. The van der Waals surface area contributed by atoms with Crippen molar-refractivity contribution in [3.63, 3.8) is 0 Å². The zero-order valence-corrected chi connectivity index (χ0v) is 13.9. The van der Waals surface area contributed by atoms with E-state index < -0.39 is 0 Å². The number of nitrogens with one attached hydrogen (secondary N) is 1. The lowest BCUT2D eigenvalue weighted by Crippen LogP contribution is -2.35. The zero-order valence-electron chi connectivity index (χ0n) is 12.3. The van der Waals surface area contributed by atoms with Gasteiger partial charge in [0.2, 0.25) is 5.91 Å². The molecular weight excluding hydrogens is 321 g/mol. The summed E-state index contributed by atoms with van der Waals surface area (Å²) in [5, 5.41) is 2.87. The van der Waals surface area contributed by atoms with E-state index in [0.29, 0.717) is 6.54 Å². The fourth-order valence-corrected chi connectivity index (χ4v) is 1.97. The fourth-order valence-electron chi connectivity index (χ4n) is 1.97. The van der Waals surface area contributed by atoms with E-state index in [1.165, 1.54) is 0 Å². The zero-order chi connectivity index (χ0) is 14.4. The lowest BCUT2D eigenvalue weighted by Gasteiger charge is -2.19. The fraction of sp³-hybridized carbons (Fsp3) is 0.250. The minimum Gasteiger partial charge on any atom is -0.350 e. The van der Waals surface area contributed by atoms with E-state index in [2.05, 4.69) is 10.3 Å². The Kier molecular flexibility index (Phi) is 9.42. The number of halogens is 2. The summed E-state index contributed by atoms with van der Waals surface area (Å²) in [5.41, 5.74) is 7.93. The van der Waals surface area contributed by atoms with Gasteiger partial charge in [-0.05, 0) is 17.7 Å². The third-order valence-electron chi connectivity index (χ3n) is 3.31. The molecule has 1 heterocycles. The average Bonchev–Trinajstić information content (AvgIpc) is 2.53. The largest absolute Gasteiger partial charge is 0.350 e. The van der Waals surface area contributed by atoms with Crippen LogP contribution in [0.25, 0.3) is 0 Å². The number of hydrogen-bond acceptors (Lipinski definition) is 3. The predicted molar refractivity (Wildman–Crippen MR) is 93.1 cm³/mol. The SMILES string of the molecule is CC(C(=O)NCc1ccccn1)C(N)c1ccccc1.Cl.Cl. The Bertz CT molecular complexity index is 552. The van der Waals surface area contributed by atoms with Crippen molar-refractivity contribution in [2.75, 3.05) is 0 Å². The minimum absolute atomic E-state index is 0. The van der Waals surface area contributed by atoms with Crippen LogP contribution in [0.15, 0.2) is 54.7 Å². The van der Waals surface area contributed by atoms with Crippen LogP contribution in [0.1, 0.15) is 24.2 Å². The molecule has 0 aliphatic heterocycles. The smallest absolute Gasteiger partial charge is 0.225 e. The molecule has 0 aliphatic rings. The van der Waals surface area contributed by atoms with E-state index in [9.17, 15) is 4.79 Å². The molecule has 4 nitrogen and oxygen atoms in total. The Balaban J connectivity index is 0.00000220. The quantitative estimate of drug-likeness (QED) is 0.878. The number of rotatable bonds is 5. The molecule has 2 aromatic rings. The van der Waals surface area contributed by atoms with Gasteiger partial charge in [-0.15, -0.1) is 24.8 Å². The van der Waals surface area contributed by atoms with Crippen molar-refractivity contribution in [2.24, 2.45) is 11.7 Å². The number of carbonyl (C=O) groups is 1. The van der Waals surface area contributed by atoms with Crippen molar-refractivity contribution in [1.29, 1.82) is 0 Å². The van der Waals surface area contributed by atoms with Crippen LogP contribution in [-0.4, -0.2) is 10.9 Å².